The second-order valence-corrected chi connectivity index (χ2v) is 12.5. The molecule has 0 fully saturated rings. The number of carbonyl (C=O) groups is 2. The lowest BCUT2D eigenvalue weighted by molar-refractivity contribution is -0.139. The molecule has 0 radical (unpaired) electrons. The third-order valence-corrected chi connectivity index (χ3v) is 8.79. The quantitative estimate of drug-likeness (QED) is 0.309. The van der Waals surface area contributed by atoms with E-state index >= 15 is 0 Å². The summed E-state index contributed by atoms with van der Waals surface area (Å²) in [4.78, 5) is 28.4. The van der Waals surface area contributed by atoms with E-state index in [-0.39, 0.29) is 17.3 Å². The molecule has 0 aliphatic carbocycles. The molecule has 3 aromatic carbocycles. The van der Waals surface area contributed by atoms with Gasteiger partial charge in [0, 0.05) is 17.6 Å². The van der Waals surface area contributed by atoms with Crippen LogP contribution in [0.4, 0.5) is 5.69 Å². The zero-order valence-electron chi connectivity index (χ0n) is 23.1. The summed E-state index contributed by atoms with van der Waals surface area (Å²) in [6.45, 7) is 9.43. The number of aryl methyl sites for hydroxylation is 3. The SMILES string of the molecule is CCCNC(=O)[C@H](C)N(Cc1ccc(Br)cc1)C(=O)CN(c1ccc(C)cc1C)S(=O)(=O)c1ccc(C)cc1. The molecule has 2 amide bonds. The molecule has 9 heteroatoms. The van der Waals surface area contributed by atoms with Gasteiger partial charge in [-0.3, -0.25) is 13.9 Å². The molecule has 3 aromatic rings. The Labute approximate surface area is 240 Å². The van der Waals surface area contributed by atoms with E-state index in [1.54, 1.807) is 37.3 Å². The van der Waals surface area contributed by atoms with Crippen molar-refractivity contribution in [2.24, 2.45) is 0 Å². The summed E-state index contributed by atoms with van der Waals surface area (Å²) in [6, 6.07) is 18.6. The highest BCUT2D eigenvalue weighted by Gasteiger charge is 2.33. The topological polar surface area (TPSA) is 86.8 Å². The van der Waals surface area contributed by atoms with Gasteiger partial charge in [0.15, 0.2) is 0 Å². The highest BCUT2D eigenvalue weighted by molar-refractivity contribution is 9.10. The van der Waals surface area contributed by atoms with E-state index in [1.807, 2.05) is 64.1 Å². The molecule has 208 valence electrons. The lowest BCUT2D eigenvalue weighted by atomic mass is 10.1. The Kier molecular flexibility index (Phi) is 10.3. The lowest BCUT2D eigenvalue weighted by Crippen LogP contribution is -2.51. The fourth-order valence-electron chi connectivity index (χ4n) is 4.20. The number of anilines is 1. The molecule has 7 nitrogen and oxygen atoms in total. The number of nitrogens with zero attached hydrogens (tertiary/aromatic N) is 2. The summed E-state index contributed by atoms with van der Waals surface area (Å²) in [6.07, 6.45) is 0.758. The molecule has 3 rings (SSSR count). The Hall–Kier alpha value is -3.17. The van der Waals surface area contributed by atoms with Gasteiger partial charge < -0.3 is 10.2 Å². The minimum absolute atomic E-state index is 0.0917. The molecule has 0 spiro atoms. The normalized spacial score (nSPS) is 12.1. The molecule has 1 atom stereocenters. The third kappa shape index (κ3) is 7.70. The first-order valence-electron chi connectivity index (χ1n) is 12.9. The maximum atomic E-state index is 14.0. The molecule has 0 aliphatic heterocycles. The Morgan fingerprint density at radius 3 is 2.13 bits per heavy atom. The molecule has 1 N–H and O–H groups in total. The van der Waals surface area contributed by atoms with Gasteiger partial charge in [0.2, 0.25) is 11.8 Å². The Bertz CT molecular complexity index is 1410. The van der Waals surface area contributed by atoms with Crippen LogP contribution in [0.3, 0.4) is 0 Å². The van der Waals surface area contributed by atoms with Crippen molar-refractivity contribution in [3.63, 3.8) is 0 Å². The van der Waals surface area contributed by atoms with E-state index in [9.17, 15) is 18.0 Å². The first-order chi connectivity index (χ1) is 18.4. The number of amides is 2. The van der Waals surface area contributed by atoms with Crippen LogP contribution in [0, 0.1) is 20.8 Å². The molecule has 0 unspecified atom stereocenters. The van der Waals surface area contributed by atoms with Crippen LogP contribution >= 0.6 is 15.9 Å². The number of sulfonamides is 1. The highest BCUT2D eigenvalue weighted by Crippen LogP contribution is 2.28. The molecule has 0 saturated heterocycles. The minimum atomic E-state index is -4.09. The van der Waals surface area contributed by atoms with Gasteiger partial charge in [-0.25, -0.2) is 8.42 Å². The van der Waals surface area contributed by atoms with Gasteiger partial charge in [0.25, 0.3) is 10.0 Å². The number of nitrogens with one attached hydrogen (secondary N) is 1. The zero-order valence-corrected chi connectivity index (χ0v) is 25.5. The average Bonchev–Trinajstić information content (AvgIpc) is 2.90. The van der Waals surface area contributed by atoms with E-state index in [4.69, 9.17) is 0 Å². The van der Waals surface area contributed by atoms with Gasteiger partial charge in [-0.2, -0.15) is 0 Å². The van der Waals surface area contributed by atoms with Crippen molar-refractivity contribution >= 4 is 43.5 Å². The van der Waals surface area contributed by atoms with Crippen molar-refractivity contribution in [3.8, 4) is 0 Å². The molecule has 0 heterocycles. The minimum Gasteiger partial charge on any atom is -0.354 e. The summed E-state index contributed by atoms with van der Waals surface area (Å²) >= 11 is 3.42. The maximum absolute atomic E-state index is 14.0. The number of carbonyl (C=O) groups excluding carboxylic acids is 2. The van der Waals surface area contributed by atoms with E-state index in [0.29, 0.717) is 12.2 Å². The smallest absolute Gasteiger partial charge is 0.264 e. The van der Waals surface area contributed by atoms with E-state index in [2.05, 4.69) is 21.2 Å². The van der Waals surface area contributed by atoms with Crippen LogP contribution in [0.2, 0.25) is 0 Å². The highest BCUT2D eigenvalue weighted by atomic mass is 79.9. The van der Waals surface area contributed by atoms with Crippen LogP contribution in [0.15, 0.2) is 76.1 Å². The Morgan fingerprint density at radius 1 is 0.923 bits per heavy atom. The molecular formula is C30H36BrN3O4S. The molecular weight excluding hydrogens is 578 g/mol. The third-order valence-electron chi connectivity index (χ3n) is 6.49. The fraction of sp³-hybridized carbons (Fsp3) is 0.333. The van der Waals surface area contributed by atoms with Gasteiger partial charge in [-0.1, -0.05) is 70.4 Å². The van der Waals surface area contributed by atoms with Gasteiger partial charge in [-0.15, -0.1) is 0 Å². The summed E-state index contributed by atoms with van der Waals surface area (Å²) < 4.78 is 29.9. The molecule has 0 saturated carbocycles. The monoisotopic (exact) mass is 613 g/mol. The second kappa shape index (κ2) is 13.3. The van der Waals surface area contributed by atoms with Gasteiger partial charge in [0.1, 0.15) is 12.6 Å². The van der Waals surface area contributed by atoms with Gasteiger partial charge >= 0.3 is 0 Å². The summed E-state index contributed by atoms with van der Waals surface area (Å²) in [5.41, 5.74) is 3.87. The standard InChI is InChI=1S/C30H36BrN3O4S/c1-6-17-32-30(36)24(5)33(19-25-10-12-26(31)13-11-25)29(35)20-34(28-16-9-22(3)18-23(28)4)39(37,38)27-14-7-21(2)8-15-27/h7-16,18,24H,6,17,19-20H2,1-5H3,(H,32,36)/t24-/m0/s1. The summed E-state index contributed by atoms with van der Waals surface area (Å²) in [7, 11) is -4.09. The van der Waals surface area contributed by atoms with Crippen LogP contribution in [0.1, 0.15) is 42.5 Å². The predicted molar refractivity (Wildman–Crippen MR) is 159 cm³/mol. The van der Waals surface area contributed by atoms with Crippen molar-refractivity contribution in [1.29, 1.82) is 0 Å². The van der Waals surface area contributed by atoms with Gasteiger partial charge in [-0.05, 0) is 75.6 Å². The molecule has 0 bridgehead atoms. The van der Waals surface area contributed by atoms with E-state index in [0.717, 1.165) is 37.5 Å². The second-order valence-electron chi connectivity index (χ2n) is 9.73. The maximum Gasteiger partial charge on any atom is 0.264 e. The van der Waals surface area contributed by atoms with E-state index in [1.165, 1.54) is 4.90 Å². The zero-order chi connectivity index (χ0) is 28.7. The van der Waals surface area contributed by atoms with Crippen molar-refractivity contribution in [3.05, 3.63) is 93.5 Å². The fourth-order valence-corrected chi connectivity index (χ4v) is 5.94. The number of rotatable bonds is 11. The number of hydrogen-bond donors (Lipinski definition) is 1. The van der Waals surface area contributed by atoms with Crippen molar-refractivity contribution in [1.82, 2.24) is 10.2 Å². The summed E-state index contributed by atoms with van der Waals surface area (Å²) in [5.74, 6) is -0.769. The largest absolute Gasteiger partial charge is 0.354 e. The predicted octanol–water partition coefficient (Wildman–Crippen LogP) is 5.51. The Morgan fingerprint density at radius 2 is 1.54 bits per heavy atom. The van der Waals surface area contributed by atoms with Crippen molar-refractivity contribution < 1.29 is 18.0 Å². The van der Waals surface area contributed by atoms with Crippen LogP contribution < -0.4 is 9.62 Å². The molecule has 0 aromatic heterocycles. The summed E-state index contributed by atoms with van der Waals surface area (Å²) in [5, 5.41) is 2.85. The molecule has 0 aliphatic rings. The Balaban J connectivity index is 2.05. The van der Waals surface area contributed by atoms with Crippen molar-refractivity contribution in [2.75, 3.05) is 17.4 Å². The van der Waals surface area contributed by atoms with Crippen LogP contribution in [-0.4, -0.2) is 44.3 Å². The number of benzene rings is 3. The van der Waals surface area contributed by atoms with Crippen LogP contribution in [-0.2, 0) is 26.2 Å². The van der Waals surface area contributed by atoms with E-state index < -0.39 is 28.5 Å². The van der Waals surface area contributed by atoms with Crippen molar-refractivity contribution in [2.45, 2.75) is 58.5 Å². The number of hydrogen-bond acceptors (Lipinski definition) is 4. The number of halogens is 1. The van der Waals surface area contributed by atoms with Crippen LogP contribution in [0.5, 0.6) is 0 Å². The van der Waals surface area contributed by atoms with Crippen LogP contribution in [0.25, 0.3) is 0 Å². The lowest BCUT2D eigenvalue weighted by Gasteiger charge is -2.32. The molecule has 39 heavy (non-hydrogen) atoms. The van der Waals surface area contributed by atoms with Gasteiger partial charge in [0.05, 0.1) is 10.6 Å². The first-order valence-corrected chi connectivity index (χ1v) is 15.2. The average molecular weight is 615 g/mol. The first kappa shape index (κ1) is 30.4.